The number of nitrogens with zero attached hydrogens (tertiary/aromatic N) is 2. The van der Waals surface area contributed by atoms with Crippen LogP contribution in [0.5, 0.6) is 0 Å². The molecule has 0 saturated heterocycles. The second-order valence-electron chi connectivity index (χ2n) is 5.29. The van der Waals surface area contributed by atoms with Gasteiger partial charge in [-0.1, -0.05) is 40.8 Å². The highest BCUT2D eigenvalue weighted by Crippen LogP contribution is 2.38. The predicted molar refractivity (Wildman–Crippen MR) is 104 cm³/mol. The van der Waals surface area contributed by atoms with E-state index in [1.165, 1.54) is 11.3 Å². The summed E-state index contributed by atoms with van der Waals surface area (Å²) >= 11 is 4.80. The summed E-state index contributed by atoms with van der Waals surface area (Å²) in [5, 5.41) is 3.51. The van der Waals surface area contributed by atoms with E-state index >= 15 is 0 Å². The summed E-state index contributed by atoms with van der Waals surface area (Å²) in [6.45, 7) is 2.00. The number of aromatic nitrogens is 2. The van der Waals surface area contributed by atoms with E-state index in [1.54, 1.807) is 23.1 Å². The van der Waals surface area contributed by atoms with Crippen LogP contribution in [-0.4, -0.2) is 22.1 Å². The van der Waals surface area contributed by atoms with E-state index in [1.807, 2.05) is 49.6 Å². The first-order valence-electron chi connectivity index (χ1n) is 7.26. The van der Waals surface area contributed by atoms with Crippen LogP contribution < -0.4 is 5.32 Å². The normalized spacial score (nSPS) is 11.2. The molecule has 4 aromatic rings. The number of rotatable bonds is 3. The van der Waals surface area contributed by atoms with E-state index in [0.29, 0.717) is 10.7 Å². The highest BCUT2D eigenvalue weighted by molar-refractivity contribution is 8.00. The molecule has 2 aromatic heterocycles. The van der Waals surface area contributed by atoms with Crippen molar-refractivity contribution in [3.8, 4) is 0 Å². The van der Waals surface area contributed by atoms with Gasteiger partial charge < -0.3 is 0 Å². The summed E-state index contributed by atoms with van der Waals surface area (Å²) in [5.41, 5.74) is 3.64. The van der Waals surface area contributed by atoms with Crippen LogP contribution in [0.3, 0.4) is 0 Å². The van der Waals surface area contributed by atoms with Gasteiger partial charge >= 0.3 is 0 Å². The van der Waals surface area contributed by atoms with Crippen LogP contribution in [0.4, 0.5) is 5.13 Å². The van der Waals surface area contributed by atoms with Crippen molar-refractivity contribution in [2.75, 3.05) is 11.6 Å². The van der Waals surface area contributed by atoms with Crippen molar-refractivity contribution in [3.05, 3.63) is 47.5 Å². The number of hydrogen-bond donors (Lipinski definition) is 1. The zero-order valence-corrected chi connectivity index (χ0v) is 15.4. The Bertz CT molecular complexity index is 1050. The minimum atomic E-state index is -0.139. The fourth-order valence-corrected chi connectivity index (χ4v) is 5.02. The lowest BCUT2D eigenvalue weighted by Crippen LogP contribution is -2.11. The molecular formula is C17H13N3OS3. The highest BCUT2D eigenvalue weighted by atomic mass is 32.2. The van der Waals surface area contributed by atoms with Crippen LogP contribution in [-0.2, 0) is 0 Å². The van der Waals surface area contributed by atoms with E-state index in [9.17, 15) is 4.79 Å². The number of thioether (sulfide) groups is 1. The van der Waals surface area contributed by atoms with Crippen LogP contribution in [0.15, 0.2) is 40.7 Å². The number of anilines is 1. The largest absolute Gasteiger partial charge is 0.298 e. The van der Waals surface area contributed by atoms with Gasteiger partial charge in [0, 0.05) is 5.56 Å². The number of hydrogen-bond acceptors (Lipinski definition) is 6. The molecule has 0 aliphatic heterocycles. The minimum Gasteiger partial charge on any atom is -0.298 e. The average molecular weight is 372 g/mol. The molecule has 0 fully saturated rings. The Hall–Kier alpha value is -1.96. The molecule has 0 aliphatic rings. The molecule has 0 radical (unpaired) electrons. The Kier molecular flexibility index (Phi) is 3.99. The topological polar surface area (TPSA) is 54.9 Å². The smallest absolute Gasteiger partial charge is 0.257 e. The average Bonchev–Trinajstić information content (AvgIpc) is 3.17. The quantitative estimate of drug-likeness (QED) is 0.504. The van der Waals surface area contributed by atoms with Crippen LogP contribution >= 0.6 is 34.4 Å². The van der Waals surface area contributed by atoms with Gasteiger partial charge in [-0.2, -0.15) is 0 Å². The minimum absolute atomic E-state index is 0.139. The van der Waals surface area contributed by atoms with Crippen molar-refractivity contribution in [3.63, 3.8) is 0 Å². The van der Waals surface area contributed by atoms with E-state index in [0.717, 1.165) is 30.3 Å². The Labute approximate surface area is 151 Å². The molecule has 2 aromatic carbocycles. The first kappa shape index (κ1) is 15.6. The van der Waals surface area contributed by atoms with Crippen LogP contribution in [0.25, 0.3) is 20.4 Å². The van der Waals surface area contributed by atoms with Gasteiger partial charge in [-0.05, 0) is 37.4 Å². The van der Waals surface area contributed by atoms with Crippen molar-refractivity contribution in [1.29, 1.82) is 0 Å². The van der Waals surface area contributed by atoms with Gasteiger partial charge in [0.15, 0.2) is 9.47 Å². The summed E-state index contributed by atoms with van der Waals surface area (Å²) < 4.78 is 3.24. The number of nitrogens with one attached hydrogen (secondary N) is 1. The number of carbonyl (C=O) groups is 1. The Morgan fingerprint density at radius 2 is 1.67 bits per heavy atom. The molecule has 2 heterocycles. The summed E-state index contributed by atoms with van der Waals surface area (Å²) in [5.74, 6) is -0.139. The van der Waals surface area contributed by atoms with Crippen molar-refractivity contribution in [2.45, 2.75) is 11.3 Å². The molecule has 0 atom stereocenters. The van der Waals surface area contributed by atoms with Crippen molar-refractivity contribution in [1.82, 2.24) is 9.97 Å². The third-order valence-electron chi connectivity index (χ3n) is 3.60. The summed E-state index contributed by atoms with van der Waals surface area (Å²) in [6.07, 6.45) is 2.02. The summed E-state index contributed by atoms with van der Waals surface area (Å²) in [4.78, 5) is 21.5. The lowest BCUT2D eigenvalue weighted by atomic mass is 10.1. The van der Waals surface area contributed by atoms with Crippen LogP contribution in [0, 0.1) is 6.92 Å². The maximum absolute atomic E-state index is 12.4. The highest BCUT2D eigenvalue weighted by Gasteiger charge is 2.14. The van der Waals surface area contributed by atoms with Crippen LogP contribution in [0.2, 0.25) is 0 Å². The molecule has 0 aliphatic carbocycles. The number of carbonyl (C=O) groups excluding carboxylic acids is 1. The summed E-state index contributed by atoms with van der Waals surface area (Å²) in [6, 6.07) is 11.4. The van der Waals surface area contributed by atoms with Gasteiger partial charge in [-0.15, -0.1) is 11.3 Å². The SMILES string of the molecule is CSc1nc2ccc3nc(NC(=O)c4ccc(C)cc4)sc3c2s1. The number of thiazole rings is 2. The fraction of sp³-hybridized carbons (Fsp3) is 0.118. The number of amides is 1. The first-order chi connectivity index (χ1) is 11.6. The van der Waals surface area contributed by atoms with E-state index in [4.69, 9.17) is 0 Å². The maximum atomic E-state index is 12.4. The van der Waals surface area contributed by atoms with Gasteiger partial charge in [-0.3, -0.25) is 10.1 Å². The van der Waals surface area contributed by atoms with E-state index in [2.05, 4.69) is 15.3 Å². The van der Waals surface area contributed by atoms with Gasteiger partial charge in [0.05, 0.1) is 20.4 Å². The molecule has 7 heteroatoms. The molecular weight excluding hydrogens is 358 g/mol. The lowest BCUT2D eigenvalue weighted by Gasteiger charge is -2.01. The van der Waals surface area contributed by atoms with Gasteiger partial charge in [0.1, 0.15) is 0 Å². The van der Waals surface area contributed by atoms with Crippen molar-refractivity contribution < 1.29 is 4.79 Å². The monoisotopic (exact) mass is 371 g/mol. The molecule has 0 unspecified atom stereocenters. The molecule has 1 amide bonds. The maximum Gasteiger partial charge on any atom is 0.257 e. The zero-order chi connectivity index (χ0) is 16.7. The molecule has 0 saturated carbocycles. The van der Waals surface area contributed by atoms with Crippen LogP contribution in [0.1, 0.15) is 15.9 Å². The number of fused-ring (bicyclic) bond motifs is 3. The Balaban J connectivity index is 1.69. The zero-order valence-electron chi connectivity index (χ0n) is 13.0. The second-order valence-corrected chi connectivity index (χ2v) is 8.34. The number of aryl methyl sites for hydroxylation is 1. The fourth-order valence-electron chi connectivity index (χ4n) is 2.37. The molecule has 4 rings (SSSR count). The van der Waals surface area contributed by atoms with Crippen molar-refractivity contribution >= 4 is 65.9 Å². The Morgan fingerprint density at radius 1 is 1.00 bits per heavy atom. The van der Waals surface area contributed by atoms with Gasteiger partial charge in [0.25, 0.3) is 5.91 Å². The third kappa shape index (κ3) is 2.79. The molecule has 4 nitrogen and oxygen atoms in total. The molecule has 120 valence electrons. The van der Waals surface area contributed by atoms with Gasteiger partial charge in [0.2, 0.25) is 0 Å². The Morgan fingerprint density at radius 3 is 2.38 bits per heavy atom. The lowest BCUT2D eigenvalue weighted by molar-refractivity contribution is 0.102. The van der Waals surface area contributed by atoms with Gasteiger partial charge in [-0.25, -0.2) is 9.97 Å². The van der Waals surface area contributed by atoms with Crippen molar-refractivity contribution in [2.24, 2.45) is 0 Å². The van der Waals surface area contributed by atoms with E-state index in [-0.39, 0.29) is 5.91 Å². The molecule has 0 spiro atoms. The molecule has 24 heavy (non-hydrogen) atoms. The molecule has 0 bridgehead atoms. The predicted octanol–water partition coefficient (Wildman–Crippen LogP) is 5.19. The number of benzene rings is 2. The van der Waals surface area contributed by atoms with E-state index < -0.39 is 0 Å². The first-order valence-corrected chi connectivity index (χ1v) is 10.1. The third-order valence-corrected chi connectivity index (χ3v) is 6.81. The second kappa shape index (κ2) is 6.16. The standard InChI is InChI=1S/C17H13N3OS3/c1-9-3-5-10(6-4-9)15(21)20-16-18-11-7-8-12-14(13(11)23-16)24-17(19-12)22-2/h3-8H,1-2H3,(H,18,20,21). The molecule has 1 N–H and O–H groups in total. The summed E-state index contributed by atoms with van der Waals surface area (Å²) in [7, 11) is 0.